The zero-order chi connectivity index (χ0) is 15.5. The van der Waals surface area contributed by atoms with Gasteiger partial charge in [-0.3, -0.25) is 10.2 Å². The van der Waals surface area contributed by atoms with Gasteiger partial charge in [0.05, 0.1) is 0 Å². The number of hydrogen-bond acceptors (Lipinski definition) is 4. The van der Waals surface area contributed by atoms with Crippen LogP contribution in [0.2, 0.25) is 0 Å². The molecule has 0 radical (unpaired) electrons. The molecule has 0 spiro atoms. The molecule has 2 fully saturated rings. The van der Waals surface area contributed by atoms with Crippen molar-refractivity contribution in [3.8, 4) is 17.6 Å². The summed E-state index contributed by atoms with van der Waals surface area (Å²) < 4.78 is 5.72. The van der Waals surface area contributed by atoms with Gasteiger partial charge in [0, 0.05) is 18.0 Å². The topological polar surface area (TPSA) is 70.6 Å². The van der Waals surface area contributed by atoms with Gasteiger partial charge < -0.3 is 9.84 Å². The monoisotopic (exact) mass is 300 g/mol. The number of rotatable bonds is 4. The lowest BCUT2D eigenvalue weighted by Gasteiger charge is -2.18. The largest absolute Gasteiger partial charge is 0.481 e. The minimum Gasteiger partial charge on any atom is -0.481 e. The van der Waals surface area contributed by atoms with E-state index in [0.717, 1.165) is 17.9 Å². The Balaban J connectivity index is 1.60. The van der Waals surface area contributed by atoms with Crippen molar-refractivity contribution in [2.45, 2.75) is 38.5 Å². The Kier molecular flexibility index (Phi) is 4.32. The minimum atomic E-state index is -0.877. The summed E-state index contributed by atoms with van der Waals surface area (Å²) in [6.07, 6.45) is 3.02. The molecule has 0 bridgehead atoms. The van der Waals surface area contributed by atoms with Gasteiger partial charge >= 0.3 is 5.97 Å². The van der Waals surface area contributed by atoms with E-state index in [4.69, 9.17) is 4.74 Å². The quantitative estimate of drug-likeness (QED) is 0.739. The molecular weight excluding hydrogens is 280 g/mol. The van der Waals surface area contributed by atoms with Crippen LogP contribution >= 0.6 is 0 Å². The zero-order valence-corrected chi connectivity index (χ0v) is 12.5. The highest BCUT2D eigenvalue weighted by Crippen LogP contribution is 2.31. The Morgan fingerprint density at radius 3 is 2.68 bits per heavy atom. The molecule has 0 aromatic heterocycles. The van der Waals surface area contributed by atoms with E-state index in [9.17, 15) is 9.90 Å². The summed E-state index contributed by atoms with van der Waals surface area (Å²) >= 11 is 0. The first-order valence-electron chi connectivity index (χ1n) is 7.63. The molecule has 1 aromatic rings. The van der Waals surface area contributed by atoms with E-state index in [1.807, 2.05) is 31.2 Å². The molecule has 5 nitrogen and oxygen atoms in total. The van der Waals surface area contributed by atoms with E-state index < -0.39 is 18.1 Å². The third kappa shape index (κ3) is 3.59. The van der Waals surface area contributed by atoms with Crippen molar-refractivity contribution in [2.24, 2.45) is 11.8 Å². The highest BCUT2D eigenvalue weighted by atomic mass is 16.5. The van der Waals surface area contributed by atoms with Gasteiger partial charge in [0.15, 0.2) is 6.23 Å². The Bertz CT molecular complexity index is 599. The van der Waals surface area contributed by atoms with E-state index in [-0.39, 0.29) is 6.04 Å². The Labute approximate surface area is 130 Å². The molecule has 3 rings (SSSR count). The fourth-order valence-corrected chi connectivity index (χ4v) is 2.48. The van der Waals surface area contributed by atoms with Crippen molar-refractivity contribution in [2.75, 3.05) is 0 Å². The Hall–Kier alpha value is -2.03. The fraction of sp³-hybridized carbons (Fsp3) is 0.471. The lowest BCUT2D eigenvalue weighted by molar-refractivity contribution is -0.144. The fourth-order valence-electron chi connectivity index (χ4n) is 2.48. The second kappa shape index (κ2) is 6.39. The number of ether oxygens (including phenoxy) is 1. The van der Waals surface area contributed by atoms with Crippen molar-refractivity contribution in [3.63, 3.8) is 0 Å². The van der Waals surface area contributed by atoms with Crippen LogP contribution in [0.3, 0.4) is 0 Å². The van der Waals surface area contributed by atoms with Crippen molar-refractivity contribution >= 4 is 5.97 Å². The molecule has 3 atom stereocenters. The van der Waals surface area contributed by atoms with Gasteiger partial charge in [0.1, 0.15) is 11.7 Å². The summed E-state index contributed by atoms with van der Waals surface area (Å²) in [6, 6.07) is 7.26. The lowest BCUT2D eigenvalue weighted by atomic mass is 10.0. The van der Waals surface area contributed by atoms with E-state index >= 15 is 0 Å². The SMILES string of the molecule is CC1NNC(Oc2ccc(C#CCC3CC3)cc2)C1C(=O)O. The normalized spacial score (nSPS) is 27.0. The van der Waals surface area contributed by atoms with Gasteiger partial charge in [-0.05, 0) is 49.9 Å². The molecule has 0 amide bonds. The maximum Gasteiger partial charge on any atom is 0.313 e. The molecule has 1 aromatic carbocycles. The second-order valence-electron chi connectivity index (χ2n) is 5.95. The molecule has 1 aliphatic carbocycles. The lowest BCUT2D eigenvalue weighted by Crippen LogP contribution is -2.39. The number of carboxylic acids is 1. The predicted octanol–water partition coefficient (Wildman–Crippen LogP) is 1.74. The standard InChI is InChI=1S/C17H20N2O3/c1-11-15(17(20)21)16(19-18-11)22-14-9-7-13(8-10-14)4-2-3-12-5-6-12/h7-12,15-16,18-19H,3,5-6H2,1H3,(H,20,21). The molecular formula is C17H20N2O3. The van der Waals surface area contributed by atoms with Crippen LogP contribution < -0.4 is 15.6 Å². The first kappa shape index (κ1) is 14.9. The number of carbonyl (C=O) groups is 1. The highest BCUT2D eigenvalue weighted by Gasteiger charge is 2.40. The van der Waals surface area contributed by atoms with Crippen LogP contribution in [0.4, 0.5) is 0 Å². The van der Waals surface area contributed by atoms with Gasteiger partial charge in [0.25, 0.3) is 0 Å². The molecule has 116 valence electrons. The van der Waals surface area contributed by atoms with E-state index in [1.165, 1.54) is 12.8 Å². The van der Waals surface area contributed by atoms with Gasteiger partial charge in [-0.25, -0.2) is 5.43 Å². The number of carboxylic acid groups (broad SMARTS) is 1. The van der Waals surface area contributed by atoms with E-state index in [0.29, 0.717) is 5.75 Å². The van der Waals surface area contributed by atoms with Crippen LogP contribution in [0, 0.1) is 23.7 Å². The third-order valence-corrected chi connectivity index (χ3v) is 4.04. The smallest absolute Gasteiger partial charge is 0.313 e. The molecule has 1 aliphatic heterocycles. The summed E-state index contributed by atoms with van der Waals surface area (Å²) in [5, 5.41) is 9.24. The van der Waals surface area contributed by atoms with Gasteiger partial charge in [0.2, 0.25) is 0 Å². The molecule has 2 aliphatic rings. The molecule has 22 heavy (non-hydrogen) atoms. The summed E-state index contributed by atoms with van der Waals surface area (Å²) in [6.45, 7) is 1.81. The first-order chi connectivity index (χ1) is 10.6. The van der Waals surface area contributed by atoms with Crippen molar-refractivity contribution < 1.29 is 14.6 Å². The van der Waals surface area contributed by atoms with Crippen LogP contribution in [0.25, 0.3) is 0 Å². The second-order valence-corrected chi connectivity index (χ2v) is 5.95. The molecule has 1 saturated heterocycles. The van der Waals surface area contributed by atoms with Crippen LogP contribution in [0.15, 0.2) is 24.3 Å². The maximum atomic E-state index is 11.3. The Morgan fingerprint density at radius 1 is 1.32 bits per heavy atom. The molecule has 1 heterocycles. The van der Waals surface area contributed by atoms with Crippen LogP contribution in [0.5, 0.6) is 5.75 Å². The van der Waals surface area contributed by atoms with Gasteiger partial charge in [-0.1, -0.05) is 11.8 Å². The number of hydrogen-bond donors (Lipinski definition) is 3. The number of hydrazine groups is 1. The number of aliphatic carboxylic acids is 1. The third-order valence-electron chi connectivity index (χ3n) is 4.04. The zero-order valence-electron chi connectivity index (χ0n) is 12.5. The molecule has 5 heteroatoms. The van der Waals surface area contributed by atoms with Crippen molar-refractivity contribution in [1.29, 1.82) is 0 Å². The summed E-state index contributed by atoms with van der Waals surface area (Å²) in [5.74, 6) is 6.28. The molecule has 3 unspecified atom stereocenters. The van der Waals surface area contributed by atoms with Gasteiger partial charge in [-0.15, -0.1) is 0 Å². The summed E-state index contributed by atoms with van der Waals surface area (Å²) in [5.41, 5.74) is 6.72. The number of nitrogens with one attached hydrogen (secondary N) is 2. The average molecular weight is 300 g/mol. The molecule has 1 saturated carbocycles. The maximum absolute atomic E-state index is 11.3. The molecule has 3 N–H and O–H groups in total. The average Bonchev–Trinajstić information content (AvgIpc) is 3.24. The predicted molar refractivity (Wildman–Crippen MR) is 81.9 cm³/mol. The van der Waals surface area contributed by atoms with E-state index in [2.05, 4.69) is 22.7 Å². The van der Waals surface area contributed by atoms with Crippen LogP contribution in [-0.2, 0) is 4.79 Å². The Morgan fingerprint density at radius 2 is 2.05 bits per heavy atom. The number of benzene rings is 1. The van der Waals surface area contributed by atoms with Gasteiger partial charge in [-0.2, -0.15) is 0 Å². The van der Waals surface area contributed by atoms with E-state index in [1.54, 1.807) is 0 Å². The van der Waals surface area contributed by atoms with Crippen molar-refractivity contribution in [1.82, 2.24) is 10.9 Å². The summed E-state index contributed by atoms with van der Waals surface area (Å²) in [7, 11) is 0. The van der Waals surface area contributed by atoms with Crippen LogP contribution in [-0.4, -0.2) is 23.3 Å². The highest BCUT2D eigenvalue weighted by molar-refractivity contribution is 5.72. The van der Waals surface area contributed by atoms with Crippen LogP contribution in [0.1, 0.15) is 31.7 Å². The minimum absolute atomic E-state index is 0.185. The first-order valence-corrected chi connectivity index (χ1v) is 7.63. The summed E-state index contributed by atoms with van der Waals surface area (Å²) in [4.78, 5) is 11.3. The van der Waals surface area contributed by atoms with Crippen molar-refractivity contribution in [3.05, 3.63) is 29.8 Å².